The molecule has 0 bridgehead atoms. The molecule has 0 aliphatic carbocycles. The summed E-state index contributed by atoms with van der Waals surface area (Å²) >= 11 is 0. The standard InChI is InChI=1S/C17H18F3N3O/c1-4-23(16-14(17(18,19)20)9-7-11-21-16)22-12(2)13-8-5-6-10-15(13)24-3/h5-11H,4H2,1-3H3/b22-12+. The summed E-state index contributed by atoms with van der Waals surface area (Å²) in [5, 5.41) is 5.57. The van der Waals surface area contributed by atoms with Gasteiger partial charge >= 0.3 is 6.18 Å². The monoisotopic (exact) mass is 337 g/mol. The molecule has 0 unspecified atom stereocenters. The lowest BCUT2D eigenvalue weighted by Crippen LogP contribution is -2.23. The Morgan fingerprint density at radius 2 is 1.92 bits per heavy atom. The number of nitrogens with zero attached hydrogens (tertiary/aromatic N) is 3. The van der Waals surface area contributed by atoms with E-state index in [1.54, 1.807) is 26.0 Å². The third kappa shape index (κ3) is 3.84. The van der Waals surface area contributed by atoms with Crippen LogP contribution in [0.2, 0.25) is 0 Å². The Kier molecular flexibility index (Phi) is 5.43. The van der Waals surface area contributed by atoms with Crippen LogP contribution in [0.3, 0.4) is 0 Å². The van der Waals surface area contributed by atoms with E-state index in [0.29, 0.717) is 17.0 Å². The Morgan fingerprint density at radius 3 is 2.54 bits per heavy atom. The minimum absolute atomic E-state index is 0.221. The van der Waals surface area contributed by atoms with E-state index >= 15 is 0 Å². The maximum atomic E-state index is 13.2. The highest BCUT2D eigenvalue weighted by molar-refractivity contribution is 6.01. The summed E-state index contributed by atoms with van der Waals surface area (Å²) in [7, 11) is 1.53. The van der Waals surface area contributed by atoms with E-state index in [4.69, 9.17) is 4.74 Å². The lowest BCUT2D eigenvalue weighted by Gasteiger charge is -2.21. The van der Waals surface area contributed by atoms with Gasteiger partial charge in [-0.15, -0.1) is 0 Å². The molecule has 7 heteroatoms. The molecule has 128 valence electrons. The Bertz CT molecular complexity index is 729. The normalized spacial score (nSPS) is 12.2. The van der Waals surface area contributed by atoms with Gasteiger partial charge in [-0.2, -0.15) is 18.3 Å². The third-order valence-electron chi connectivity index (χ3n) is 3.40. The highest BCUT2D eigenvalue weighted by Crippen LogP contribution is 2.35. The topological polar surface area (TPSA) is 37.7 Å². The van der Waals surface area contributed by atoms with Crippen LogP contribution in [0.4, 0.5) is 19.0 Å². The number of hydrogen-bond acceptors (Lipinski definition) is 4. The highest BCUT2D eigenvalue weighted by atomic mass is 19.4. The third-order valence-corrected chi connectivity index (χ3v) is 3.40. The lowest BCUT2D eigenvalue weighted by atomic mass is 10.1. The lowest BCUT2D eigenvalue weighted by molar-refractivity contribution is -0.137. The number of para-hydroxylation sites is 1. The maximum absolute atomic E-state index is 13.2. The van der Waals surface area contributed by atoms with E-state index < -0.39 is 11.7 Å². The SMILES string of the molecule is CCN(/N=C(\C)c1ccccc1OC)c1ncccc1C(F)(F)F. The molecule has 0 amide bonds. The maximum Gasteiger partial charge on any atom is 0.420 e. The van der Waals surface area contributed by atoms with Crippen LogP contribution >= 0.6 is 0 Å². The van der Waals surface area contributed by atoms with E-state index in [2.05, 4.69) is 10.1 Å². The van der Waals surface area contributed by atoms with E-state index in [1.165, 1.54) is 24.4 Å². The van der Waals surface area contributed by atoms with Crippen LogP contribution in [-0.2, 0) is 6.18 Å². The van der Waals surface area contributed by atoms with Crippen LogP contribution in [0.1, 0.15) is 25.0 Å². The van der Waals surface area contributed by atoms with Crippen LogP contribution in [0.25, 0.3) is 0 Å². The first-order valence-corrected chi connectivity index (χ1v) is 7.36. The fourth-order valence-electron chi connectivity index (χ4n) is 2.27. The van der Waals surface area contributed by atoms with E-state index in [1.807, 2.05) is 12.1 Å². The summed E-state index contributed by atoms with van der Waals surface area (Å²) in [4.78, 5) is 3.87. The van der Waals surface area contributed by atoms with Gasteiger partial charge in [0, 0.05) is 18.3 Å². The van der Waals surface area contributed by atoms with Crippen molar-refractivity contribution in [2.45, 2.75) is 20.0 Å². The minimum Gasteiger partial charge on any atom is -0.496 e. The van der Waals surface area contributed by atoms with E-state index in [9.17, 15) is 13.2 Å². The zero-order chi connectivity index (χ0) is 17.7. The second kappa shape index (κ2) is 7.33. The molecular formula is C17H18F3N3O. The first-order valence-electron chi connectivity index (χ1n) is 7.36. The Labute approximate surface area is 138 Å². The van der Waals surface area contributed by atoms with Gasteiger partial charge in [0.15, 0.2) is 5.82 Å². The van der Waals surface area contributed by atoms with Crippen LogP contribution in [0, 0.1) is 0 Å². The van der Waals surface area contributed by atoms with Gasteiger partial charge in [-0.1, -0.05) is 12.1 Å². The van der Waals surface area contributed by atoms with Gasteiger partial charge in [0.25, 0.3) is 0 Å². The summed E-state index contributed by atoms with van der Waals surface area (Å²) in [5.74, 6) is 0.383. The van der Waals surface area contributed by atoms with Crippen LogP contribution in [0.5, 0.6) is 5.75 Å². The number of benzene rings is 1. The van der Waals surface area contributed by atoms with Crippen molar-refractivity contribution in [1.82, 2.24) is 4.98 Å². The second-order valence-electron chi connectivity index (χ2n) is 4.97. The van der Waals surface area contributed by atoms with Crippen molar-refractivity contribution in [1.29, 1.82) is 0 Å². The van der Waals surface area contributed by atoms with Crippen LogP contribution in [-0.4, -0.2) is 24.4 Å². The van der Waals surface area contributed by atoms with Gasteiger partial charge < -0.3 is 4.74 Å². The summed E-state index contributed by atoms with van der Waals surface area (Å²) in [6.07, 6.45) is -3.17. The quantitative estimate of drug-likeness (QED) is 0.601. The number of aromatic nitrogens is 1. The van der Waals surface area contributed by atoms with Crippen molar-refractivity contribution < 1.29 is 17.9 Å². The Hall–Kier alpha value is -2.57. The van der Waals surface area contributed by atoms with Gasteiger partial charge in [-0.3, -0.25) is 0 Å². The summed E-state index contributed by atoms with van der Waals surface area (Å²) in [6.45, 7) is 3.68. The second-order valence-corrected chi connectivity index (χ2v) is 4.97. The fourth-order valence-corrected chi connectivity index (χ4v) is 2.27. The number of pyridine rings is 1. The summed E-state index contributed by atoms with van der Waals surface area (Å²) in [6, 6.07) is 9.46. The van der Waals surface area contributed by atoms with E-state index in [-0.39, 0.29) is 12.4 Å². The molecular weight excluding hydrogens is 319 g/mol. The van der Waals surface area contributed by atoms with Crippen molar-refractivity contribution in [2.24, 2.45) is 5.10 Å². The van der Waals surface area contributed by atoms with Gasteiger partial charge in [-0.05, 0) is 38.1 Å². The van der Waals surface area contributed by atoms with Crippen LogP contribution < -0.4 is 9.75 Å². The molecule has 0 radical (unpaired) electrons. The van der Waals surface area contributed by atoms with E-state index in [0.717, 1.165) is 6.07 Å². The first-order chi connectivity index (χ1) is 11.4. The number of hydrazone groups is 1. The van der Waals surface area contributed by atoms with Crippen molar-refractivity contribution in [3.8, 4) is 5.75 Å². The van der Waals surface area contributed by atoms with Crippen molar-refractivity contribution >= 4 is 11.5 Å². The molecule has 0 spiro atoms. The zero-order valence-corrected chi connectivity index (χ0v) is 13.6. The molecule has 0 aliphatic rings. The number of alkyl halides is 3. The number of halogens is 3. The van der Waals surface area contributed by atoms with Crippen molar-refractivity contribution in [2.75, 3.05) is 18.7 Å². The first kappa shape index (κ1) is 17.8. The molecule has 0 N–H and O–H groups in total. The average Bonchev–Trinajstić information content (AvgIpc) is 2.58. The van der Waals surface area contributed by atoms with Crippen LogP contribution in [0.15, 0.2) is 47.7 Å². The Morgan fingerprint density at radius 1 is 1.21 bits per heavy atom. The summed E-state index contributed by atoms with van der Waals surface area (Å²) in [5.41, 5.74) is 0.430. The minimum atomic E-state index is -4.50. The molecule has 0 fully saturated rings. The predicted molar refractivity (Wildman–Crippen MR) is 87.5 cm³/mol. The van der Waals surface area contributed by atoms with Gasteiger partial charge in [0.05, 0.1) is 18.4 Å². The molecule has 4 nitrogen and oxygen atoms in total. The molecule has 1 aromatic heterocycles. The molecule has 0 atom stereocenters. The Balaban J connectivity index is 2.47. The van der Waals surface area contributed by atoms with Gasteiger partial charge in [0.1, 0.15) is 5.75 Å². The average molecular weight is 337 g/mol. The molecule has 2 aromatic rings. The smallest absolute Gasteiger partial charge is 0.420 e. The predicted octanol–water partition coefficient (Wildman–Crippen LogP) is 4.36. The molecule has 0 saturated heterocycles. The number of ether oxygens (including phenoxy) is 1. The van der Waals surface area contributed by atoms with Crippen molar-refractivity contribution in [3.63, 3.8) is 0 Å². The number of rotatable bonds is 5. The molecule has 0 aliphatic heterocycles. The highest BCUT2D eigenvalue weighted by Gasteiger charge is 2.35. The molecule has 24 heavy (non-hydrogen) atoms. The number of anilines is 1. The van der Waals surface area contributed by atoms with Crippen molar-refractivity contribution in [3.05, 3.63) is 53.7 Å². The number of methoxy groups -OCH3 is 1. The van der Waals surface area contributed by atoms with Gasteiger partial charge in [-0.25, -0.2) is 9.99 Å². The van der Waals surface area contributed by atoms with Gasteiger partial charge in [0.2, 0.25) is 0 Å². The molecule has 0 saturated carbocycles. The molecule has 1 aromatic carbocycles. The molecule has 1 heterocycles. The fraction of sp³-hybridized carbons (Fsp3) is 0.294. The summed E-state index contributed by atoms with van der Waals surface area (Å²) < 4.78 is 44.8. The molecule has 2 rings (SSSR count). The number of hydrogen-bond donors (Lipinski definition) is 0. The zero-order valence-electron chi connectivity index (χ0n) is 13.6. The largest absolute Gasteiger partial charge is 0.496 e.